The van der Waals surface area contributed by atoms with Crippen LogP contribution in [-0.2, 0) is 0 Å². The van der Waals surface area contributed by atoms with Gasteiger partial charge in [0.2, 0.25) is 0 Å². The molecule has 7 nitrogen and oxygen atoms in total. The highest BCUT2D eigenvalue weighted by Gasteiger charge is 2.28. The van der Waals surface area contributed by atoms with Crippen LogP contribution in [0.3, 0.4) is 0 Å². The van der Waals surface area contributed by atoms with Crippen molar-refractivity contribution in [2.75, 3.05) is 13.1 Å². The lowest BCUT2D eigenvalue weighted by Gasteiger charge is -2.37. The molecule has 1 saturated heterocycles. The summed E-state index contributed by atoms with van der Waals surface area (Å²) < 4.78 is 0. The van der Waals surface area contributed by atoms with Gasteiger partial charge in [0.05, 0.1) is 4.92 Å². The summed E-state index contributed by atoms with van der Waals surface area (Å²) >= 11 is 0. The first-order valence-electron chi connectivity index (χ1n) is 6.42. The molecule has 2 unspecified atom stereocenters. The molecule has 1 heterocycles. The molecule has 1 amide bonds. The average Bonchev–Trinajstić information content (AvgIpc) is 2.40. The molecular weight excluding hydrogens is 298 g/mol. The molecule has 1 aromatic carbocycles. The number of piperazine rings is 1. The number of hydrogen-bond donors (Lipinski definition) is 2. The Labute approximate surface area is 128 Å². The van der Waals surface area contributed by atoms with Gasteiger partial charge >= 0.3 is 5.69 Å². The number of carbonyl (C=O) groups is 1. The minimum Gasteiger partial charge on any atom is -0.502 e. The third-order valence-electron chi connectivity index (χ3n) is 3.44. The summed E-state index contributed by atoms with van der Waals surface area (Å²) in [7, 11) is 0. The minimum absolute atomic E-state index is 0. The van der Waals surface area contributed by atoms with Crippen molar-refractivity contribution in [2.45, 2.75) is 25.9 Å². The zero-order valence-electron chi connectivity index (χ0n) is 11.8. The second-order valence-electron chi connectivity index (χ2n) is 5.08. The molecule has 0 spiro atoms. The number of phenols is 1. The number of halogens is 1. The number of rotatable bonds is 2. The number of nitrogens with zero attached hydrogens (tertiary/aromatic N) is 2. The molecule has 1 fully saturated rings. The number of nitrogens with one attached hydrogen (secondary N) is 1. The molecule has 21 heavy (non-hydrogen) atoms. The Morgan fingerprint density at radius 1 is 1.48 bits per heavy atom. The van der Waals surface area contributed by atoms with Crippen molar-refractivity contribution < 1.29 is 14.8 Å². The fourth-order valence-corrected chi connectivity index (χ4v) is 2.28. The Hall–Kier alpha value is -1.86. The molecule has 116 valence electrons. The van der Waals surface area contributed by atoms with Gasteiger partial charge in [-0.15, -0.1) is 12.4 Å². The maximum Gasteiger partial charge on any atom is 0.310 e. The lowest BCUT2D eigenvalue weighted by atomic mass is 10.1. The molecule has 2 N–H and O–H groups in total. The van der Waals surface area contributed by atoms with Gasteiger partial charge in [0.1, 0.15) is 0 Å². The molecule has 0 saturated carbocycles. The molecule has 1 aromatic rings. The van der Waals surface area contributed by atoms with E-state index in [1.54, 1.807) is 4.90 Å². The van der Waals surface area contributed by atoms with Crippen molar-refractivity contribution in [2.24, 2.45) is 0 Å². The topological polar surface area (TPSA) is 95.7 Å². The zero-order valence-corrected chi connectivity index (χ0v) is 12.6. The van der Waals surface area contributed by atoms with Crippen LogP contribution in [0.4, 0.5) is 5.69 Å². The number of hydrogen-bond acceptors (Lipinski definition) is 5. The van der Waals surface area contributed by atoms with Crippen LogP contribution in [0.1, 0.15) is 24.2 Å². The highest BCUT2D eigenvalue weighted by Crippen LogP contribution is 2.27. The van der Waals surface area contributed by atoms with Crippen LogP contribution >= 0.6 is 12.4 Å². The van der Waals surface area contributed by atoms with Gasteiger partial charge in [-0.2, -0.15) is 0 Å². The van der Waals surface area contributed by atoms with Crippen LogP contribution < -0.4 is 5.32 Å². The number of benzene rings is 1. The summed E-state index contributed by atoms with van der Waals surface area (Å²) in [4.78, 5) is 24.1. The van der Waals surface area contributed by atoms with Gasteiger partial charge in [-0.05, 0) is 26.0 Å². The van der Waals surface area contributed by atoms with Crippen molar-refractivity contribution in [3.63, 3.8) is 0 Å². The van der Waals surface area contributed by atoms with Gasteiger partial charge in [-0.3, -0.25) is 14.9 Å². The number of nitro benzene ring substituents is 1. The Morgan fingerprint density at radius 3 is 2.71 bits per heavy atom. The van der Waals surface area contributed by atoms with E-state index < -0.39 is 16.4 Å². The average molecular weight is 316 g/mol. The molecule has 0 bridgehead atoms. The Kier molecular flexibility index (Phi) is 5.51. The lowest BCUT2D eigenvalue weighted by Crippen LogP contribution is -2.56. The molecular formula is C13H18ClN3O4. The molecule has 1 aliphatic heterocycles. The van der Waals surface area contributed by atoms with Gasteiger partial charge in [0.25, 0.3) is 5.91 Å². The molecule has 2 atom stereocenters. The highest BCUT2D eigenvalue weighted by atomic mass is 35.5. The van der Waals surface area contributed by atoms with Crippen molar-refractivity contribution in [1.29, 1.82) is 0 Å². The maximum absolute atomic E-state index is 12.4. The fourth-order valence-electron chi connectivity index (χ4n) is 2.28. The van der Waals surface area contributed by atoms with E-state index in [0.29, 0.717) is 13.1 Å². The first-order valence-corrected chi connectivity index (χ1v) is 6.42. The maximum atomic E-state index is 12.4. The van der Waals surface area contributed by atoms with E-state index in [1.807, 2.05) is 13.8 Å². The predicted molar refractivity (Wildman–Crippen MR) is 80.0 cm³/mol. The smallest absolute Gasteiger partial charge is 0.310 e. The Morgan fingerprint density at radius 2 is 2.14 bits per heavy atom. The quantitative estimate of drug-likeness (QED) is 0.637. The lowest BCUT2D eigenvalue weighted by molar-refractivity contribution is -0.385. The van der Waals surface area contributed by atoms with E-state index in [0.717, 1.165) is 12.1 Å². The monoisotopic (exact) mass is 315 g/mol. The number of phenolic OH excluding ortho intramolecular Hbond substituents is 1. The number of nitro groups is 1. The van der Waals surface area contributed by atoms with E-state index in [-0.39, 0.29) is 36.0 Å². The molecule has 8 heteroatoms. The normalized spacial score (nSPS) is 21.5. The molecule has 0 radical (unpaired) electrons. The Balaban J connectivity index is 0.00000220. The van der Waals surface area contributed by atoms with Gasteiger partial charge < -0.3 is 15.3 Å². The predicted octanol–water partition coefficient (Wildman–Crippen LogP) is 1.54. The second-order valence-corrected chi connectivity index (χ2v) is 5.08. The van der Waals surface area contributed by atoms with Gasteiger partial charge in [0.15, 0.2) is 5.75 Å². The highest BCUT2D eigenvalue weighted by molar-refractivity contribution is 5.95. The summed E-state index contributed by atoms with van der Waals surface area (Å²) in [5.74, 6) is -0.715. The number of carbonyl (C=O) groups excluding carboxylic acids is 1. The Bertz CT molecular complexity index is 552. The van der Waals surface area contributed by atoms with Crippen LogP contribution in [0.15, 0.2) is 18.2 Å². The van der Waals surface area contributed by atoms with Gasteiger partial charge in [-0.1, -0.05) is 0 Å². The number of amides is 1. The summed E-state index contributed by atoms with van der Waals surface area (Å²) in [6.45, 7) is 5.19. The molecule has 2 rings (SSSR count). The SMILES string of the molecule is CC1CN(C(=O)c2ccc([N+](=O)[O-])c(O)c2)C(C)CN1.Cl. The minimum atomic E-state index is -0.681. The van der Waals surface area contributed by atoms with Gasteiger partial charge in [0, 0.05) is 36.8 Å². The largest absolute Gasteiger partial charge is 0.502 e. The van der Waals surface area contributed by atoms with Crippen LogP contribution in [0, 0.1) is 10.1 Å². The van der Waals surface area contributed by atoms with Crippen LogP contribution in [0.25, 0.3) is 0 Å². The van der Waals surface area contributed by atoms with Crippen LogP contribution in [-0.4, -0.2) is 46.0 Å². The van der Waals surface area contributed by atoms with Crippen LogP contribution in [0.5, 0.6) is 5.75 Å². The van der Waals surface area contributed by atoms with Crippen molar-refractivity contribution in [1.82, 2.24) is 10.2 Å². The van der Waals surface area contributed by atoms with E-state index in [1.165, 1.54) is 6.07 Å². The van der Waals surface area contributed by atoms with E-state index in [2.05, 4.69) is 5.32 Å². The summed E-state index contributed by atoms with van der Waals surface area (Å²) in [5, 5.41) is 23.5. The summed E-state index contributed by atoms with van der Waals surface area (Å²) in [6, 6.07) is 3.91. The van der Waals surface area contributed by atoms with Crippen LogP contribution in [0.2, 0.25) is 0 Å². The van der Waals surface area contributed by atoms with E-state index >= 15 is 0 Å². The van der Waals surface area contributed by atoms with E-state index in [4.69, 9.17) is 0 Å². The zero-order chi connectivity index (χ0) is 14.9. The first-order chi connectivity index (χ1) is 9.40. The third kappa shape index (κ3) is 3.62. The number of aromatic hydroxyl groups is 1. The van der Waals surface area contributed by atoms with Crippen molar-refractivity contribution >= 4 is 24.0 Å². The molecule has 0 aromatic heterocycles. The van der Waals surface area contributed by atoms with Crippen molar-refractivity contribution in [3.8, 4) is 5.75 Å². The second kappa shape index (κ2) is 6.73. The molecule has 1 aliphatic rings. The first kappa shape index (κ1) is 17.2. The fraction of sp³-hybridized carbons (Fsp3) is 0.462. The van der Waals surface area contributed by atoms with E-state index in [9.17, 15) is 20.0 Å². The molecule has 0 aliphatic carbocycles. The summed E-state index contributed by atoms with van der Waals surface area (Å²) in [5.41, 5.74) is -0.141. The standard InChI is InChI=1S/C13H17N3O4.ClH/c1-8-7-15(9(2)6-14-8)13(18)10-3-4-11(16(19)20)12(17)5-10;/h3-5,8-9,14,17H,6-7H2,1-2H3;1H. The van der Waals surface area contributed by atoms with Gasteiger partial charge in [-0.25, -0.2) is 0 Å². The third-order valence-corrected chi connectivity index (χ3v) is 3.44. The van der Waals surface area contributed by atoms with Crippen molar-refractivity contribution in [3.05, 3.63) is 33.9 Å². The summed E-state index contributed by atoms with van der Waals surface area (Å²) in [6.07, 6.45) is 0.